The van der Waals surface area contributed by atoms with Gasteiger partial charge in [0, 0.05) is 57.1 Å². The second kappa shape index (κ2) is 11.7. The lowest BCUT2D eigenvalue weighted by Crippen LogP contribution is -2.45. The van der Waals surface area contributed by atoms with Crippen LogP contribution in [0.1, 0.15) is 43.6 Å². The maximum Gasteiger partial charge on any atom is 0.409 e. The summed E-state index contributed by atoms with van der Waals surface area (Å²) in [6, 6.07) is 4.67. The van der Waals surface area contributed by atoms with Gasteiger partial charge in [-0.2, -0.15) is 13.2 Å². The van der Waals surface area contributed by atoms with E-state index in [4.69, 9.17) is 27.9 Å². The lowest BCUT2D eigenvalue weighted by molar-refractivity contribution is -0.138. The van der Waals surface area contributed by atoms with Crippen molar-refractivity contribution in [3.05, 3.63) is 45.5 Å². The predicted molar refractivity (Wildman–Crippen MR) is 136 cm³/mol. The van der Waals surface area contributed by atoms with E-state index in [2.05, 4.69) is 0 Å². The van der Waals surface area contributed by atoms with E-state index in [1.807, 2.05) is 6.08 Å². The van der Waals surface area contributed by atoms with Crippen LogP contribution in [0.5, 0.6) is 0 Å². The first-order valence-corrected chi connectivity index (χ1v) is 13.4. The molecule has 3 aliphatic rings. The van der Waals surface area contributed by atoms with Crippen LogP contribution in [-0.2, 0) is 14.3 Å². The normalized spacial score (nSPS) is 21.8. The number of piperidine rings is 1. The number of hydrogen-bond acceptors (Lipinski definition) is 4. The van der Waals surface area contributed by atoms with E-state index < -0.39 is 24.7 Å². The molecule has 208 valence electrons. The van der Waals surface area contributed by atoms with Crippen molar-refractivity contribution in [3.63, 3.8) is 0 Å². The number of hydrogen-bond donors (Lipinski definition) is 0. The minimum atomic E-state index is -4.32. The van der Waals surface area contributed by atoms with Gasteiger partial charge >= 0.3 is 12.3 Å². The van der Waals surface area contributed by atoms with Gasteiger partial charge in [-0.3, -0.25) is 9.59 Å². The molecule has 3 amide bonds. The molecule has 2 atom stereocenters. The fraction of sp³-hybridized carbons (Fsp3) is 0.577. The van der Waals surface area contributed by atoms with Gasteiger partial charge in [0.15, 0.2) is 0 Å². The minimum Gasteiger partial charge on any atom is -0.449 e. The average Bonchev–Trinajstić information content (AvgIpc) is 3.64. The van der Waals surface area contributed by atoms with Gasteiger partial charge in [0.25, 0.3) is 0 Å². The molecular weight excluding hydrogens is 546 g/mol. The number of nitrogens with zero attached hydrogens (tertiary/aromatic N) is 3. The molecular formula is C26H30Cl2F3N3O4. The highest BCUT2D eigenvalue weighted by Gasteiger charge is 2.43. The van der Waals surface area contributed by atoms with E-state index in [-0.39, 0.29) is 43.2 Å². The Labute approximate surface area is 229 Å². The fourth-order valence-electron chi connectivity index (χ4n) is 5.12. The van der Waals surface area contributed by atoms with Crippen molar-refractivity contribution in [2.24, 2.45) is 5.92 Å². The third kappa shape index (κ3) is 6.94. The van der Waals surface area contributed by atoms with Crippen LogP contribution in [0.3, 0.4) is 0 Å². The molecule has 1 aliphatic carbocycles. The van der Waals surface area contributed by atoms with Crippen LogP contribution in [0.25, 0.3) is 0 Å². The summed E-state index contributed by atoms with van der Waals surface area (Å²) in [5, 5.41) is 0.714. The van der Waals surface area contributed by atoms with Crippen LogP contribution in [-0.4, -0.2) is 84.7 Å². The van der Waals surface area contributed by atoms with E-state index in [0.29, 0.717) is 42.5 Å². The molecule has 7 nitrogen and oxygen atoms in total. The van der Waals surface area contributed by atoms with Crippen LogP contribution in [0.15, 0.2) is 29.8 Å². The summed E-state index contributed by atoms with van der Waals surface area (Å²) in [7, 11) is 1.52. The van der Waals surface area contributed by atoms with Crippen molar-refractivity contribution < 1.29 is 32.3 Å². The maximum absolute atomic E-state index is 13.5. The second-order valence-corrected chi connectivity index (χ2v) is 10.8. The first kappa shape index (κ1) is 28.5. The van der Waals surface area contributed by atoms with Crippen molar-refractivity contribution in [1.82, 2.24) is 14.7 Å². The van der Waals surface area contributed by atoms with Gasteiger partial charge in [0.05, 0.1) is 22.7 Å². The van der Waals surface area contributed by atoms with Crippen LogP contribution < -0.4 is 0 Å². The molecule has 2 saturated heterocycles. The SMILES string of the molecule is CN(C(=O)OCCCC(F)(F)F)[C@@H]1CN(C(=O)C2CCN(C(=O)C3=CC3)CC2)C[C@H]1c1ccc(Cl)c(Cl)c1. The summed E-state index contributed by atoms with van der Waals surface area (Å²) >= 11 is 12.3. The number of benzene rings is 1. The zero-order chi connectivity index (χ0) is 27.6. The Bertz CT molecular complexity index is 1110. The molecule has 12 heteroatoms. The van der Waals surface area contributed by atoms with Crippen LogP contribution in [0.2, 0.25) is 10.0 Å². The molecule has 1 aromatic rings. The molecule has 1 aromatic carbocycles. The first-order valence-electron chi connectivity index (χ1n) is 12.6. The molecule has 0 radical (unpaired) electrons. The zero-order valence-corrected chi connectivity index (χ0v) is 22.5. The van der Waals surface area contributed by atoms with E-state index in [1.165, 1.54) is 11.9 Å². The molecule has 4 rings (SSSR count). The van der Waals surface area contributed by atoms with Gasteiger partial charge in [-0.05, 0) is 43.4 Å². The molecule has 2 heterocycles. The summed E-state index contributed by atoms with van der Waals surface area (Å²) < 4.78 is 42.4. The third-order valence-corrected chi connectivity index (χ3v) is 8.14. The van der Waals surface area contributed by atoms with Gasteiger partial charge in [0.2, 0.25) is 11.8 Å². The molecule has 0 aromatic heterocycles. The highest BCUT2D eigenvalue weighted by atomic mass is 35.5. The van der Waals surface area contributed by atoms with E-state index in [0.717, 1.165) is 17.6 Å². The number of likely N-dealkylation sites (N-methyl/N-ethyl adjacent to an activating group) is 1. The molecule has 0 unspecified atom stereocenters. The summed E-state index contributed by atoms with van der Waals surface area (Å²) in [5.41, 5.74) is 1.62. The zero-order valence-electron chi connectivity index (χ0n) is 21.0. The third-order valence-electron chi connectivity index (χ3n) is 7.40. The lowest BCUT2D eigenvalue weighted by Gasteiger charge is -2.33. The molecule has 0 saturated carbocycles. The summed E-state index contributed by atoms with van der Waals surface area (Å²) in [5.74, 6) is -0.528. The number of amides is 3. The number of carbonyl (C=O) groups is 3. The molecule has 0 bridgehead atoms. The Hall–Kier alpha value is -2.46. The van der Waals surface area contributed by atoms with Crippen LogP contribution in [0.4, 0.5) is 18.0 Å². The summed E-state index contributed by atoms with van der Waals surface area (Å²) in [6.45, 7) is 1.25. The standard InChI is InChI=1S/C26H30Cl2F3N3O4/c1-32(25(37)38-12-2-9-26(29,30)31)22-15-34(14-19(22)18-5-6-20(27)21(28)13-18)24(36)17-7-10-33(11-8-17)23(35)16-3-4-16/h3,5-6,13,17,19,22H,2,4,7-12,14-15H2,1H3/t19-,22+/m0/s1. The van der Waals surface area contributed by atoms with Crippen molar-refractivity contribution >= 4 is 41.1 Å². The number of rotatable bonds is 7. The predicted octanol–water partition coefficient (Wildman–Crippen LogP) is 5.27. The van der Waals surface area contributed by atoms with E-state index in [9.17, 15) is 27.6 Å². The van der Waals surface area contributed by atoms with Gasteiger partial charge in [0.1, 0.15) is 0 Å². The highest BCUT2D eigenvalue weighted by Crippen LogP contribution is 2.36. The van der Waals surface area contributed by atoms with Crippen molar-refractivity contribution in [1.29, 1.82) is 0 Å². The number of carbonyl (C=O) groups excluding carboxylic acids is 3. The fourth-order valence-corrected chi connectivity index (χ4v) is 5.42. The Kier molecular flexibility index (Phi) is 8.82. The Balaban J connectivity index is 1.42. The topological polar surface area (TPSA) is 70.2 Å². The largest absolute Gasteiger partial charge is 0.449 e. The van der Waals surface area contributed by atoms with Crippen LogP contribution in [0, 0.1) is 5.92 Å². The monoisotopic (exact) mass is 575 g/mol. The molecule has 2 aliphatic heterocycles. The van der Waals surface area contributed by atoms with Gasteiger partial charge in [-0.1, -0.05) is 35.3 Å². The van der Waals surface area contributed by atoms with Crippen LogP contribution >= 0.6 is 23.2 Å². The van der Waals surface area contributed by atoms with Crippen molar-refractivity contribution in [2.75, 3.05) is 39.8 Å². The first-order chi connectivity index (χ1) is 17.9. The van der Waals surface area contributed by atoms with Gasteiger partial charge in [-0.25, -0.2) is 4.79 Å². The molecule has 2 fully saturated rings. The number of alkyl halides is 3. The Morgan fingerprint density at radius 1 is 1.08 bits per heavy atom. The number of halogens is 5. The Morgan fingerprint density at radius 3 is 2.37 bits per heavy atom. The summed E-state index contributed by atoms with van der Waals surface area (Å²) in [4.78, 5) is 43.4. The lowest BCUT2D eigenvalue weighted by atomic mass is 9.93. The van der Waals surface area contributed by atoms with Crippen molar-refractivity contribution in [3.8, 4) is 0 Å². The minimum absolute atomic E-state index is 0.0396. The maximum atomic E-state index is 13.5. The molecule has 0 spiro atoms. The smallest absolute Gasteiger partial charge is 0.409 e. The van der Waals surface area contributed by atoms with Gasteiger partial charge in [-0.15, -0.1) is 0 Å². The average molecular weight is 576 g/mol. The Morgan fingerprint density at radius 2 is 1.76 bits per heavy atom. The second-order valence-electron chi connectivity index (χ2n) is 10.0. The highest BCUT2D eigenvalue weighted by molar-refractivity contribution is 6.42. The molecule has 38 heavy (non-hydrogen) atoms. The number of likely N-dealkylation sites (tertiary alicyclic amines) is 2. The number of allylic oxidation sites excluding steroid dienone is 1. The van der Waals surface area contributed by atoms with E-state index in [1.54, 1.807) is 28.0 Å². The number of ether oxygens (including phenoxy) is 1. The quantitative estimate of drug-likeness (QED) is 0.415. The van der Waals surface area contributed by atoms with Crippen molar-refractivity contribution in [2.45, 2.75) is 50.2 Å². The molecule has 0 N–H and O–H groups in total. The summed E-state index contributed by atoms with van der Waals surface area (Å²) in [6.07, 6.45) is -2.68. The van der Waals surface area contributed by atoms with E-state index >= 15 is 0 Å². The van der Waals surface area contributed by atoms with Gasteiger partial charge < -0.3 is 19.4 Å².